The lowest BCUT2D eigenvalue weighted by Crippen LogP contribution is -2.29. The second-order valence-corrected chi connectivity index (χ2v) is 4.68. The Morgan fingerprint density at radius 2 is 1.55 bits per heavy atom. The van der Waals surface area contributed by atoms with Crippen LogP contribution in [0.15, 0.2) is 12.1 Å². The largest absolute Gasteiger partial charge is 0.465 e. The standard InChI is InChI=1S/C12H10ClF6NO2/c1-2-20(10(21)22)5-6-3-7(11(14,15)16)9(13)8(4-6)12(17,18)19/h3-4H,2,5H2,1H3,(H,21,22). The van der Waals surface area contributed by atoms with E-state index in [0.29, 0.717) is 17.0 Å². The van der Waals surface area contributed by atoms with Gasteiger partial charge in [-0.1, -0.05) is 11.6 Å². The van der Waals surface area contributed by atoms with Crippen molar-refractivity contribution in [2.75, 3.05) is 6.54 Å². The molecule has 0 bridgehead atoms. The third kappa shape index (κ3) is 4.19. The van der Waals surface area contributed by atoms with Crippen LogP contribution in [0.4, 0.5) is 31.1 Å². The van der Waals surface area contributed by atoms with Gasteiger partial charge in [0.25, 0.3) is 0 Å². The van der Waals surface area contributed by atoms with Gasteiger partial charge in [0.2, 0.25) is 0 Å². The summed E-state index contributed by atoms with van der Waals surface area (Å²) in [7, 11) is 0. The van der Waals surface area contributed by atoms with Gasteiger partial charge in [-0.3, -0.25) is 0 Å². The van der Waals surface area contributed by atoms with Crippen LogP contribution in [0, 0.1) is 0 Å². The molecule has 1 amide bonds. The van der Waals surface area contributed by atoms with Crippen molar-refractivity contribution in [2.24, 2.45) is 0 Å². The third-order valence-corrected chi connectivity index (χ3v) is 3.18. The molecular weight excluding hydrogens is 340 g/mol. The number of hydrogen-bond donors (Lipinski definition) is 1. The molecule has 3 nitrogen and oxygen atoms in total. The highest BCUT2D eigenvalue weighted by molar-refractivity contribution is 6.32. The molecule has 0 aromatic heterocycles. The van der Waals surface area contributed by atoms with Crippen LogP contribution in [0.2, 0.25) is 5.02 Å². The molecule has 10 heteroatoms. The smallest absolute Gasteiger partial charge is 0.417 e. The molecule has 0 aliphatic heterocycles. The number of nitrogens with zero attached hydrogens (tertiary/aromatic N) is 1. The van der Waals surface area contributed by atoms with E-state index in [1.807, 2.05) is 0 Å². The van der Waals surface area contributed by atoms with E-state index in [0.717, 1.165) is 0 Å². The van der Waals surface area contributed by atoms with Crippen LogP contribution in [0.5, 0.6) is 0 Å². The summed E-state index contributed by atoms with van der Waals surface area (Å²) in [5, 5.41) is 7.35. The lowest BCUT2D eigenvalue weighted by Gasteiger charge is -2.20. The van der Waals surface area contributed by atoms with Crippen molar-refractivity contribution < 1.29 is 36.2 Å². The van der Waals surface area contributed by atoms with Crippen LogP contribution >= 0.6 is 11.6 Å². The first kappa shape index (κ1) is 18.4. The van der Waals surface area contributed by atoms with Gasteiger partial charge in [-0.25, -0.2) is 4.79 Å². The first-order valence-corrected chi connectivity index (χ1v) is 6.20. The van der Waals surface area contributed by atoms with Gasteiger partial charge in [-0.15, -0.1) is 0 Å². The molecule has 0 unspecified atom stereocenters. The van der Waals surface area contributed by atoms with Gasteiger partial charge in [0.15, 0.2) is 0 Å². The summed E-state index contributed by atoms with van der Waals surface area (Å²) in [6, 6.07) is 0.840. The molecule has 0 radical (unpaired) electrons. The summed E-state index contributed by atoms with van der Waals surface area (Å²) in [4.78, 5) is 11.5. The zero-order valence-corrected chi connectivity index (χ0v) is 11.8. The van der Waals surface area contributed by atoms with E-state index in [1.165, 1.54) is 6.92 Å². The molecule has 22 heavy (non-hydrogen) atoms. The maximum absolute atomic E-state index is 12.8. The Hall–Kier alpha value is -1.64. The quantitative estimate of drug-likeness (QED) is 0.790. The Morgan fingerprint density at radius 1 is 1.14 bits per heavy atom. The molecule has 0 spiro atoms. The maximum Gasteiger partial charge on any atom is 0.417 e. The summed E-state index contributed by atoms with van der Waals surface area (Å²) in [6.07, 6.45) is -11.6. The normalized spacial score (nSPS) is 12.4. The van der Waals surface area contributed by atoms with Crippen molar-refractivity contribution in [1.82, 2.24) is 4.90 Å². The second-order valence-electron chi connectivity index (χ2n) is 4.30. The fraction of sp³-hybridized carbons (Fsp3) is 0.417. The van der Waals surface area contributed by atoms with Crippen LogP contribution in [0.1, 0.15) is 23.6 Å². The van der Waals surface area contributed by atoms with E-state index < -0.39 is 46.7 Å². The number of benzene rings is 1. The molecule has 0 saturated carbocycles. The number of halogens is 7. The van der Waals surface area contributed by atoms with Gasteiger partial charge >= 0.3 is 18.4 Å². The maximum atomic E-state index is 12.8. The monoisotopic (exact) mass is 349 g/mol. The first-order chi connectivity index (χ1) is 9.87. The van der Waals surface area contributed by atoms with Crippen molar-refractivity contribution >= 4 is 17.7 Å². The summed E-state index contributed by atoms with van der Waals surface area (Å²) in [5.41, 5.74) is -3.76. The molecule has 124 valence electrons. The molecule has 0 fully saturated rings. The van der Waals surface area contributed by atoms with E-state index in [2.05, 4.69) is 0 Å². The molecule has 0 saturated heterocycles. The fourth-order valence-corrected chi connectivity index (χ4v) is 2.05. The minimum Gasteiger partial charge on any atom is -0.465 e. The minimum absolute atomic E-state index is 0.0966. The molecule has 0 aliphatic rings. The minimum atomic E-state index is -5.09. The Bertz CT molecular complexity index is 535. The van der Waals surface area contributed by atoms with E-state index in [-0.39, 0.29) is 6.54 Å². The summed E-state index contributed by atoms with van der Waals surface area (Å²) >= 11 is 5.21. The molecule has 1 aromatic rings. The Balaban J connectivity index is 3.44. The number of amides is 1. The van der Waals surface area contributed by atoms with Crippen molar-refractivity contribution in [3.63, 3.8) is 0 Å². The molecule has 0 heterocycles. The highest BCUT2D eigenvalue weighted by Gasteiger charge is 2.41. The number of carboxylic acid groups (broad SMARTS) is 1. The van der Waals surface area contributed by atoms with Crippen LogP contribution in [-0.2, 0) is 18.9 Å². The molecule has 1 aromatic carbocycles. The third-order valence-electron chi connectivity index (χ3n) is 2.77. The van der Waals surface area contributed by atoms with Crippen LogP contribution < -0.4 is 0 Å². The van der Waals surface area contributed by atoms with E-state index in [9.17, 15) is 31.1 Å². The van der Waals surface area contributed by atoms with Crippen LogP contribution in [0.3, 0.4) is 0 Å². The van der Waals surface area contributed by atoms with Crippen LogP contribution in [-0.4, -0.2) is 22.6 Å². The van der Waals surface area contributed by atoms with Crippen molar-refractivity contribution in [1.29, 1.82) is 0 Å². The lowest BCUT2D eigenvalue weighted by molar-refractivity contribution is -0.143. The summed E-state index contributed by atoms with van der Waals surface area (Å²) < 4.78 is 76.8. The van der Waals surface area contributed by atoms with Crippen molar-refractivity contribution in [3.05, 3.63) is 33.8 Å². The first-order valence-electron chi connectivity index (χ1n) is 5.82. The second kappa shape index (κ2) is 6.23. The number of rotatable bonds is 3. The Kier molecular flexibility index (Phi) is 5.21. The van der Waals surface area contributed by atoms with Gasteiger partial charge < -0.3 is 10.0 Å². The average Bonchev–Trinajstić information content (AvgIpc) is 2.34. The molecule has 0 atom stereocenters. The number of carbonyl (C=O) groups is 1. The highest BCUT2D eigenvalue weighted by Crippen LogP contribution is 2.43. The van der Waals surface area contributed by atoms with Gasteiger partial charge in [-0.05, 0) is 24.6 Å². The Labute approximate surface area is 126 Å². The predicted octanol–water partition coefficient (Wildman–Crippen LogP) is 4.88. The zero-order valence-electron chi connectivity index (χ0n) is 11.0. The molecule has 0 aliphatic carbocycles. The van der Waals surface area contributed by atoms with Gasteiger partial charge in [0.05, 0.1) is 16.1 Å². The highest BCUT2D eigenvalue weighted by atomic mass is 35.5. The SMILES string of the molecule is CCN(Cc1cc(C(F)(F)F)c(Cl)c(C(F)(F)F)c1)C(=O)O. The zero-order chi connectivity index (χ0) is 17.3. The van der Waals surface area contributed by atoms with Crippen LogP contribution in [0.25, 0.3) is 0 Å². The number of alkyl halides is 6. The number of hydrogen-bond acceptors (Lipinski definition) is 1. The molecular formula is C12H10ClF6NO2. The fourth-order valence-electron chi connectivity index (χ4n) is 1.72. The van der Waals surface area contributed by atoms with E-state index >= 15 is 0 Å². The average molecular weight is 350 g/mol. The van der Waals surface area contributed by atoms with Crippen molar-refractivity contribution in [3.8, 4) is 0 Å². The summed E-state index contributed by atoms with van der Waals surface area (Å²) in [5.74, 6) is 0. The summed E-state index contributed by atoms with van der Waals surface area (Å²) in [6.45, 7) is 0.690. The molecule has 1 N–H and O–H groups in total. The van der Waals surface area contributed by atoms with Gasteiger partial charge in [0, 0.05) is 13.1 Å². The Morgan fingerprint density at radius 3 is 1.82 bits per heavy atom. The molecule has 1 rings (SSSR count). The lowest BCUT2D eigenvalue weighted by atomic mass is 10.0. The van der Waals surface area contributed by atoms with E-state index in [4.69, 9.17) is 16.7 Å². The van der Waals surface area contributed by atoms with E-state index in [1.54, 1.807) is 0 Å². The van der Waals surface area contributed by atoms with Gasteiger partial charge in [-0.2, -0.15) is 26.3 Å². The predicted molar refractivity (Wildman–Crippen MR) is 65.6 cm³/mol. The topological polar surface area (TPSA) is 40.5 Å². The van der Waals surface area contributed by atoms with Crippen molar-refractivity contribution in [2.45, 2.75) is 25.8 Å². The van der Waals surface area contributed by atoms with Gasteiger partial charge in [0.1, 0.15) is 0 Å².